The van der Waals surface area contributed by atoms with Gasteiger partial charge < -0.3 is 16.0 Å². The number of hydrogen-bond donors (Lipinski definition) is 3. The van der Waals surface area contributed by atoms with Crippen LogP contribution in [0.15, 0.2) is 42.7 Å². The molecule has 1 aliphatic rings. The Morgan fingerprint density at radius 1 is 1.13 bits per heavy atom. The Hall–Kier alpha value is -3.22. The second-order valence-corrected chi connectivity index (χ2v) is 8.03. The van der Waals surface area contributed by atoms with E-state index in [0.717, 1.165) is 17.5 Å². The average Bonchev–Trinajstić information content (AvgIpc) is 3.22. The number of H-pyrrole nitrogens is 1. The lowest BCUT2D eigenvalue weighted by molar-refractivity contribution is -0.120. The van der Waals surface area contributed by atoms with Gasteiger partial charge in [0.15, 0.2) is 0 Å². The van der Waals surface area contributed by atoms with Gasteiger partial charge in [0.25, 0.3) is 5.91 Å². The third-order valence-electron chi connectivity index (χ3n) is 5.95. The van der Waals surface area contributed by atoms with Gasteiger partial charge in [0.1, 0.15) is 17.4 Å². The van der Waals surface area contributed by atoms with E-state index in [4.69, 9.17) is 5.73 Å². The van der Waals surface area contributed by atoms with Gasteiger partial charge in [-0.05, 0) is 43.0 Å². The summed E-state index contributed by atoms with van der Waals surface area (Å²) in [6.07, 6.45) is 11.1. The zero-order valence-corrected chi connectivity index (χ0v) is 16.9. The molecule has 0 bridgehead atoms. The minimum atomic E-state index is -0.673. The number of primary amides is 1. The monoisotopic (exact) mass is 421 g/mol. The molecule has 2 amide bonds. The number of para-hydroxylation sites is 1. The molecule has 2 aromatic heterocycles. The number of aromatic amines is 1. The third-order valence-corrected chi connectivity index (χ3v) is 5.95. The van der Waals surface area contributed by atoms with Crippen molar-refractivity contribution < 1.29 is 9.59 Å². The number of carbonyl (C=O) groups excluding carboxylic acids is 2. The first kappa shape index (κ1) is 22.5. The highest BCUT2D eigenvalue weighted by Gasteiger charge is 2.23. The predicted molar refractivity (Wildman–Crippen MR) is 122 cm³/mol. The van der Waals surface area contributed by atoms with Crippen molar-refractivity contribution in [2.24, 2.45) is 11.7 Å². The van der Waals surface area contributed by atoms with E-state index in [-0.39, 0.29) is 13.3 Å². The molecule has 2 heterocycles. The summed E-state index contributed by atoms with van der Waals surface area (Å²) >= 11 is 0. The van der Waals surface area contributed by atoms with E-state index < -0.39 is 11.9 Å². The van der Waals surface area contributed by atoms with E-state index >= 15 is 0 Å². The number of aromatic nitrogens is 3. The van der Waals surface area contributed by atoms with Gasteiger partial charge in [-0.2, -0.15) is 0 Å². The third kappa shape index (κ3) is 5.29. The van der Waals surface area contributed by atoms with Crippen LogP contribution in [0.2, 0.25) is 0 Å². The van der Waals surface area contributed by atoms with Gasteiger partial charge in [-0.1, -0.05) is 45.6 Å². The van der Waals surface area contributed by atoms with Gasteiger partial charge in [-0.25, -0.2) is 4.98 Å². The summed E-state index contributed by atoms with van der Waals surface area (Å²) in [4.78, 5) is 36.8. The molecule has 164 valence electrons. The Labute approximate surface area is 182 Å². The highest BCUT2D eigenvalue weighted by Crippen LogP contribution is 2.28. The molecule has 4 N–H and O–H groups in total. The summed E-state index contributed by atoms with van der Waals surface area (Å²) in [6.45, 7) is 0. The van der Waals surface area contributed by atoms with Crippen molar-refractivity contribution in [2.75, 3.05) is 0 Å². The van der Waals surface area contributed by atoms with Crippen LogP contribution in [0.25, 0.3) is 22.4 Å². The highest BCUT2D eigenvalue weighted by atomic mass is 16.2. The molecular formula is C24H31N5O2. The Balaban J connectivity index is 0.00000272. The van der Waals surface area contributed by atoms with Gasteiger partial charge in [-0.3, -0.25) is 14.6 Å². The topological polar surface area (TPSA) is 114 Å². The molecule has 0 radical (unpaired) electrons. The molecular weight excluding hydrogens is 390 g/mol. The maximum absolute atomic E-state index is 13.0. The van der Waals surface area contributed by atoms with Gasteiger partial charge in [0, 0.05) is 18.0 Å². The van der Waals surface area contributed by atoms with Gasteiger partial charge in [0.2, 0.25) is 5.91 Å². The SMILES string of the molecule is C.NC(=O)[C@H](CCC1CCCCC1)NC(=O)c1cccc2[nH]c(-c3ccncc3)nc12. The number of pyridine rings is 1. The molecule has 0 aliphatic heterocycles. The lowest BCUT2D eigenvalue weighted by Gasteiger charge is -2.23. The largest absolute Gasteiger partial charge is 0.368 e. The second kappa shape index (κ2) is 10.2. The Kier molecular flexibility index (Phi) is 7.39. The number of benzene rings is 1. The van der Waals surface area contributed by atoms with Crippen molar-refractivity contribution >= 4 is 22.8 Å². The van der Waals surface area contributed by atoms with Crippen LogP contribution in [-0.4, -0.2) is 32.8 Å². The molecule has 0 saturated heterocycles. The molecule has 1 atom stereocenters. The first-order valence-electron chi connectivity index (χ1n) is 10.6. The van der Waals surface area contributed by atoms with Crippen LogP contribution >= 0.6 is 0 Å². The molecule has 4 rings (SSSR count). The van der Waals surface area contributed by atoms with E-state index in [2.05, 4.69) is 20.3 Å². The molecule has 1 aromatic carbocycles. The minimum absolute atomic E-state index is 0. The lowest BCUT2D eigenvalue weighted by atomic mass is 9.85. The van der Waals surface area contributed by atoms with Gasteiger partial charge >= 0.3 is 0 Å². The Morgan fingerprint density at radius 2 is 1.87 bits per heavy atom. The zero-order valence-electron chi connectivity index (χ0n) is 16.9. The Bertz CT molecular complexity index is 1020. The van der Waals surface area contributed by atoms with Crippen LogP contribution in [0, 0.1) is 5.92 Å². The van der Waals surface area contributed by atoms with Crippen molar-refractivity contribution in [3.8, 4) is 11.4 Å². The molecule has 1 aliphatic carbocycles. The van der Waals surface area contributed by atoms with Crippen LogP contribution in [0.4, 0.5) is 0 Å². The predicted octanol–water partition coefficient (Wildman–Crippen LogP) is 4.21. The highest BCUT2D eigenvalue weighted by molar-refractivity contribution is 6.06. The minimum Gasteiger partial charge on any atom is -0.368 e. The van der Waals surface area contributed by atoms with Crippen molar-refractivity contribution in [1.82, 2.24) is 20.3 Å². The van der Waals surface area contributed by atoms with Crippen molar-refractivity contribution in [3.63, 3.8) is 0 Å². The maximum Gasteiger partial charge on any atom is 0.254 e. The number of nitrogens with zero attached hydrogens (tertiary/aromatic N) is 2. The molecule has 7 nitrogen and oxygen atoms in total. The summed E-state index contributed by atoms with van der Waals surface area (Å²) in [5, 5.41) is 2.84. The zero-order chi connectivity index (χ0) is 20.9. The number of carbonyl (C=O) groups is 2. The molecule has 0 spiro atoms. The van der Waals surface area contributed by atoms with E-state index in [1.165, 1.54) is 32.1 Å². The first-order valence-corrected chi connectivity index (χ1v) is 10.6. The standard InChI is InChI=1S/C23H27N5O2.CH4/c24-21(29)19(10-9-15-5-2-1-3-6-15)27-23(30)17-7-4-8-18-20(17)28-22(26-18)16-11-13-25-14-12-16;/h4,7-8,11-15,19H,1-3,5-6,9-10H2,(H2,24,29)(H,26,28)(H,27,30);1H4/t19-;/m0./s1. The summed E-state index contributed by atoms with van der Waals surface area (Å²) in [5.41, 5.74) is 8.22. The average molecular weight is 422 g/mol. The summed E-state index contributed by atoms with van der Waals surface area (Å²) < 4.78 is 0. The summed E-state index contributed by atoms with van der Waals surface area (Å²) in [7, 11) is 0. The first-order chi connectivity index (χ1) is 14.6. The number of hydrogen-bond acceptors (Lipinski definition) is 4. The van der Waals surface area contributed by atoms with Gasteiger partial charge in [0.05, 0.1) is 11.1 Å². The number of fused-ring (bicyclic) bond motifs is 1. The molecule has 1 fully saturated rings. The van der Waals surface area contributed by atoms with Crippen LogP contribution in [0.5, 0.6) is 0 Å². The van der Waals surface area contributed by atoms with Crippen LogP contribution in [0.1, 0.15) is 62.7 Å². The summed E-state index contributed by atoms with van der Waals surface area (Å²) in [6, 6.07) is 8.42. The van der Waals surface area contributed by atoms with Crippen LogP contribution in [0.3, 0.4) is 0 Å². The van der Waals surface area contributed by atoms with E-state index in [0.29, 0.717) is 29.2 Å². The molecule has 1 saturated carbocycles. The number of nitrogens with one attached hydrogen (secondary N) is 2. The maximum atomic E-state index is 13.0. The fraction of sp³-hybridized carbons (Fsp3) is 0.417. The summed E-state index contributed by atoms with van der Waals surface area (Å²) in [5.74, 6) is 0.457. The van der Waals surface area contributed by atoms with E-state index in [1.807, 2.05) is 18.2 Å². The molecule has 31 heavy (non-hydrogen) atoms. The number of imidazole rings is 1. The smallest absolute Gasteiger partial charge is 0.254 e. The quantitative estimate of drug-likeness (QED) is 0.530. The van der Waals surface area contributed by atoms with Crippen molar-refractivity contribution in [2.45, 2.75) is 58.4 Å². The Morgan fingerprint density at radius 3 is 2.58 bits per heavy atom. The van der Waals surface area contributed by atoms with Crippen LogP contribution in [-0.2, 0) is 4.79 Å². The second-order valence-electron chi connectivity index (χ2n) is 8.03. The number of amides is 2. The van der Waals surface area contributed by atoms with Crippen LogP contribution < -0.4 is 11.1 Å². The number of rotatable bonds is 7. The van der Waals surface area contributed by atoms with Crippen molar-refractivity contribution in [1.29, 1.82) is 0 Å². The normalized spacial score (nSPS) is 15.2. The van der Waals surface area contributed by atoms with E-state index in [9.17, 15) is 9.59 Å². The van der Waals surface area contributed by atoms with Crippen molar-refractivity contribution in [3.05, 3.63) is 48.3 Å². The van der Waals surface area contributed by atoms with Gasteiger partial charge in [-0.15, -0.1) is 0 Å². The molecule has 7 heteroatoms. The molecule has 3 aromatic rings. The fourth-order valence-corrected chi connectivity index (χ4v) is 4.26. The van der Waals surface area contributed by atoms with E-state index in [1.54, 1.807) is 24.5 Å². The number of nitrogens with two attached hydrogens (primary N) is 1. The fourth-order valence-electron chi connectivity index (χ4n) is 4.26. The molecule has 0 unspecified atom stereocenters. The lowest BCUT2D eigenvalue weighted by Crippen LogP contribution is -2.44.